The third-order valence-electron chi connectivity index (χ3n) is 2.43. The van der Waals surface area contributed by atoms with Crippen LogP contribution in [-0.2, 0) is 4.79 Å². The Morgan fingerprint density at radius 3 is 3.00 bits per heavy atom. The lowest BCUT2D eigenvalue weighted by Gasteiger charge is -2.15. The molecule has 8 heteroatoms. The highest BCUT2D eigenvalue weighted by molar-refractivity contribution is 5.81. The molecular formula is C11H16N6O2. The number of nitrogens with one attached hydrogen (secondary N) is 1. The van der Waals surface area contributed by atoms with Crippen molar-refractivity contribution in [1.29, 1.82) is 0 Å². The van der Waals surface area contributed by atoms with E-state index in [1.807, 2.05) is 0 Å². The van der Waals surface area contributed by atoms with E-state index >= 15 is 0 Å². The first kappa shape index (κ1) is 14.7. The molecule has 0 aliphatic rings. The maximum absolute atomic E-state index is 11.4. The number of aromatic nitrogens is 1. The van der Waals surface area contributed by atoms with Crippen LogP contribution in [0.5, 0.6) is 5.88 Å². The number of azide groups is 1. The molecule has 1 heterocycles. The Bertz CT molecular complexity index is 455. The maximum atomic E-state index is 11.4. The normalized spacial score (nSPS) is 11.4. The van der Waals surface area contributed by atoms with Crippen LogP contribution >= 0.6 is 0 Å². The summed E-state index contributed by atoms with van der Waals surface area (Å²) in [5.41, 5.74) is 14.1. The number of nitrogens with zero attached hydrogens (tertiary/aromatic N) is 4. The van der Waals surface area contributed by atoms with Crippen LogP contribution in [0.1, 0.15) is 18.0 Å². The summed E-state index contributed by atoms with van der Waals surface area (Å²) in [4.78, 5) is 18.1. The number of hydrogen-bond donors (Lipinski definition) is 2. The minimum absolute atomic E-state index is 0.371. The van der Waals surface area contributed by atoms with Gasteiger partial charge in [0.1, 0.15) is 6.04 Å². The van der Waals surface area contributed by atoms with Crippen molar-refractivity contribution in [2.45, 2.75) is 12.5 Å². The Balaban J connectivity index is 2.60. The van der Waals surface area contributed by atoms with Crippen molar-refractivity contribution >= 4 is 5.91 Å². The van der Waals surface area contributed by atoms with Crippen molar-refractivity contribution in [3.63, 3.8) is 0 Å². The number of carbonyl (C=O) groups excluding carboxylic acids is 1. The number of ether oxygens (including phenoxy) is 1. The SMILES string of the molecule is COc1ccc(C(NCCCN=[N+]=[N-])C(N)=O)cn1. The molecule has 0 aromatic carbocycles. The van der Waals surface area contributed by atoms with Crippen molar-refractivity contribution in [2.75, 3.05) is 20.2 Å². The van der Waals surface area contributed by atoms with E-state index in [2.05, 4.69) is 20.3 Å². The molecule has 102 valence electrons. The average molecular weight is 264 g/mol. The smallest absolute Gasteiger partial charge is 0.239 e. The van der Waals surface area contributed by atoms with E-state index in [0.29, 0.717) is 31.0 Å². The summed E-state index contributed by atoms with van der Waals surface area (Å²) in [5.74, 6) is -0.0221. The zero-order valence-corrected chi connectivity index (χ0v) is 10.6. The summed E-state index contributed by atoms with van der Waals surface area (Å²) in [6.45, 7) is 0.883. The third kappa shape index (κ3) is 4.82. The molecule has 0 saturated heterocycles. The van der Waals surface area contributed by atoms with Gasteiger partial charge in [-0.3, -0.25) is 4.79 Å². The highest BCUT2D eigenvalue weighted by Crippen LogP contribution is 2.14. The summed E-state index contributed by atoms with van der Waals surface area (Å²) in [5, 5.41) is 6.40. The van der Waals surface area contributed by atoms with Gasteiger partial charge < -0.3 is 15.8 Å². The van der Waals surface area contributed by atoms with Gasteiger partial charge in [-0.25, -0.2) is 4.98 Å². The molecule has 0 saturated carbocycles. The number of carbonyl (C=O) groups is 1. The lowest BCUT2D eigenvalue weighted by Crippen LogP contribution is -2.34. The molecule has 1 unspecified atom stereocenters. The van der Waals surface area contributed by atoms with E-state index in [4.69, 9.17) is 16.0 Å². The second-order valence-electron chi connectivity index (χ2n) is 3.73. The lowest BCUT2D eigenvalue weighted by atomic mass is 10.1. The van der Waals surface area contributed by atoms with Crippen LogP contribution in [0.15, 0.2) is 23.4 Å². The summed E-state index contributed by atoms with van der Waals surface area (Å²) in [7, 11) is 1.52. The van der Waals surface area contributed by atoms with Crippen molar-refractivity contribution in [3.05, 3.63) is 34.3 Å². The molecule has 0 radical (unpaired) electrons. The quantitative estimate of drug-likeness (QED) is 0.313. The fourth-order valence-electron chi connectivity index (χ4n) is 1.51. The summed E-state index contributed by atoms with van der Waals surface area (Å²) >= 11 is 0. The van der Waals surface area contributed by atoms with Crippen LogP contribution in [0.4, 0.5) is 0 Å². The molecule has 1 amide bonds. The molecule has 1 aromatic rings. The van der Waals surface area contributed by atoms with E-state index in [0.717, 1.165) is 0 Å². The second-order valence-corrected chi connectivity index (χ2v) is 3.73. The van der Waals surface area contributed by atoms with Gasteiger partial charge in [0, 0.05) is 23.7 Å². The van der Waals surface area contributed by atoms with Crippen LogP contribution in [0.25, 0.3) is 10.4 Å². The van der Waals surface area contributed by atoms with Gasteiger partial charge in [-0.2, -0.15) is 0 Å². The predicted octanol–water partition coefficient (Wildman–Crippen LogP) is 0.907. The summed E-state index contributed by atoms with van der Waals surface area (Å²) in [6, 6.07) is 2.76. The molecule has 19 heavy (non-hydrogen) atoms. The number of rotatable bonds is 8. The highest BCUT2D eigenvalue weighted by Gasteiger charge is 2.17. The zero-order chi connectivity index (χ0) is 14.1. The average Bonchev–Trinajstić information content (AvgIpc) is 2.43. The van der Waals surface area contributed by atoms with E-state index in [1.54, 1.807) is 12.1 Å². The number of primary amides is 1. The third-order valence-corrected chi connectivity index (χ3v) is 2.43. The van der Waals surface area contributed by atoms with E-state index < -0.39 is 11.9 Å². The Morgan fingerprint density at radius 1 is 1.68 bits per heavy atom. The Labute approximate surface area is 110 Å². The number of methoxy groups -OCH3 is 1. The molecule has 1 atom stereocenters. The minimum Gasteiger partial charge on any atom is -0.481 e. The number of nitrogens with two attached hydrogens (primary N) is 1. The van der Waals surface area contributed by atoms with Gasteiger partial charge in [0.15, 0.2) is 0 Å². The van der Waals surface area contributed by atoms with Crippen LogP contribution < -0.4 is 15.8 Å². The Hall–Kier alpha value is -2.31. The van der Waals surface area contributed by atoms with Crippen molar-refractivity contribution < 1.29 is 9.53 Å². The summed E-state index contributed by atoms with van der Waals surface area (Å²) < 4.78 is 4.94. The molecule has 0 aliphatic carbocycles. The number of pyridine rings is 1. The second kappa shape index (κ2) is 7.91. The summed E-state index contributed by atoms with van der Waals surface area (Å²) in [6.07, 6.45) is 2.16. The van der Waals surface area contributed by atoms with Gasteiger partial charge in [0.05, 0.1) is 7.11 Å². The van der Waals surface area contributed by atoms with E-state index in [1.165, 1.54) is 13.3 Å². The fraction of sp³-hybridized carbons (Fsp3) is 0.455. The monoisotopic (exact) mass is 264 g/mol. The van der Waals surface area contributed by atoms with Crippen LogP contribution in [-0.4, -0.2) is 31.1 Å². The fourth-order valence-corrected chi connectivity index (χ4v) is 1.51. The van der Waals surface area contributed by atoms with E-state index in [9.17, 15) is 4.79 Å². The van der Waals surface area contributed by atoms with Crippen LogP contribution in [0, 0.1) is 0 Å². The topological polar surface area (TPSA) is 126 Å². The largest absolute Gasteiger partial charge is 0.481 e. The van der Waals surface area contributed by atoms with Gasteiger partial charge in [-0.15, -0.1) is 0 Å². The molecule has 1 aromatic heterocycles. The standard InChI is InChI=1S/C11H16N6O2/c1-19-9-4-3-8(7-15-9)10(11(12)18)14-5-2-6-16-17-13/h3-4,7,10,14H,2,5-6H2,1H3,(H2,12,18). The van der Waals surface area contributed by atoms with Crippen LogP contribution in [0.2, 0.25) is 0 Å². The molecule has 0 aliphatic heterocycles. The maximum Gasteiger partial charge on any atom is 0.239 e. The molecular weight excluding hydrogens is 248 g/mol. The molecule has 3 N–H and O–H groups in total. The van der Waals surface area contributed by atoms with Crippen LogP contribution in [0.3, 0.4) is 0 Å². The van der Waals surface area contributed by atoms with Gasteiger partial charge in [0.2, 0.25) is 11.8 Å². The highest BCUT2D eigenvalue weighted by atomic mass is 16.5. The Kier molecular flexibility index (Phi) is 6.14. The zero-order valence-electron chi connectivity index (χ0n) is 10.6. The predicted molar refractivity (Wildman–Crippen MR) is 69.4 cm³/mol. The first-order valence-corrected chi connectivity index (χ1v) is 5.72. The van der Waals surface area contributed by atoms with Crippen molar-refractivity contribution in [1.82, 2.24) is 10.3 Å². The van der Waals surface area contributed by atoms with E-state index in [-0.39, 0.29) is 0 Å². The number of amides is 1. The van der Waals surface area contributed by atoms with Gasteiger partial charge in [-0.05, 0) is 24.1 Å². The molecule has 0 fully saturated rings. The molecule has 0 bridgehead atoms. The number of hydrogen-bond acceptors (Lipinski definition) is 5. The van der Waals surface area contributed by atoms with Crippen molar-refractivity contribution in [3.8, 4) is 5.88 Å². The molecule has 0 spiro atoms. The molecule has 8 nitrogen and oxygen atoms in total. The minimum atomic E-state index is -0.621. The van der Waals surface area contributed by atoms with Gasteiger partial charge >= 0.3 is 0 Å². The lowest BCUT2D eigenvalue weighted by molar-refractivity contribution is -0.120. The Morgan fingerprint density at radius 2 is 2.47 bits per heavy atom. The first-order chi connectivity index (χ1) is 9.19. The van der Waals surface area contributed by atoms with Crippen molar-refractivity contribution in [2.24, 2.45) is 10.8 Å². The molecule has 1 rings (SSSR count). The first-order valence-electron chi connectivity index (χ1n) is 5.72. The van der Waals surface area contributed by atoms with Gasteiger partial charge in [-0.1, -0.05) is 11.2 Å². The van der Waals surface area contributed by atoms with Gasteiger partial charge in [0.25, 0.3) is 0 Å².